The second-order valence-corrected chi connectivity index (χ2v) is 5.23. The van der Waals surface area contributed by atoms with Gasteiger partial charge in [-0.25, -0.2) is 0 Å². The van der Waals surface area contributed by atoms with Crippen molar-refractivity contribution in [2.75, 3.05) is 0 Å². The van der Waals surface area contributed by atoms with Gasteiger partial charge < -0.3 is 9.52 Å². The molecule has 104 valence electrons. The Morgan fingerprint density at radius 1 is 1.35 bits per heavy atom. The molecule has 1 aliphatic rings. The van der Waals surface area contributed by atoms with Crippen molar-refractivity contribution in [2.45, 2.75) is 32.0 Å². The molecule has 2 atom stereocenters. The average Bonchev–Trinajstić information content (AvgIpc) is 2.99. The van der Waals surface area contributed by atoms with Crippen LogP contribution in [-0.4, -0.2) is 22.0 Å². The predicted octanol–water partition coefficient (Wildman–Crippen LogP) is 2.85. The first-order chi connectivity index (χ1) is 9.66. The van der Waals surface area contributed by atoms with Gasteiger partial charge >= 0.3 is 5.97 Å². The van der Waals surface area contributed by atoms with E-state index in [1.807, 2.05) is 36.1 Å². The summed E-state index contributed by atoms with van der Waals surface area (Å²) in [7, 11) is 0. The smallest absolute Gasteiger partial charge is 0.321 e. The molecule has 0 saturated carbocycles. The highest BCUT2D eigenvalue weighted by atomic mass is 16.4. The maximum absolute atomic E-state index is 11.6. The largest absolute Gasteiger partial charge is 0.480 e. The average molecular weight is 271 g/mol. The SMILES string of the molecule is CC(c1ccoc1)N1Cc2ccccc2CC1C(=O)O. The van der Waals surface area contributed by atoms with E-state index < -0.39 is 12.0 Å². The first kappa shape index (κ1) is 12.9. The van der Waals surface area contributed by atoms with Crippen molar-refractivity contribution in [3.05, 3.63) is 59.5 Å². The topological polar surface area (TPSA) is 53.7 Å². The molecule has 0 saturated heterocycles. The Morgan fingerprint density at radius 3 is 2.75 bits per heavy atom. The molecule has 1 aromatic carbocycles. The van der Waals surface area contributed by atoms with Crippen LogP contribution in [0.15, 0.2) is 47.3 Å². The molecular formula is C16H17NO3. The Labute approximate surface area is 117 Å². The molecule has 0 spiro atoms. The van der Waals surface area contributed by atoms with Gasteiger partial charge in [0, 0.05) is 18.2 Å². The van der Waals surface area contributed by atoms with E-state index in [0.29, 0.717) is 13.0 Å². The molecule has 1 aromatic heterocycles. The van der Waals surface area contributed by atoms with Crippen LogP contribution in [0.3, 0.4) is 0 Å². The first-order valence-corrected chi connectivity index (χ1v) is 6.74. The van der Waals surface area contributed by atoms with Gasteiger partial charge in [0.2, 0.25) is 0 Å². The van der Waals surface area contributed by atoms with Gasteiger partial charge in [0.15, 0.2) is 0 Å². The lowest BCUT2D eigenvalue weighted by molar-refractivity contribution is -0.145. The number of rotatable bonds is 3. The van der Waals surface area contributed by atoms with Crippen molar-refractivity contribution in [1.29, 1.82) is 0 Å². The number of hydrogen-bond acceptors (Lipinski definition) is 3. The van der Waals surface area contributed by atoms with Gasteiger partial charge in [0.1, 0.15) is 6.04 Å². The molecule has 2 unspecified atom stereocenters. The van der Waals surface area contributed by atoms with Crippen molar-refractivity contribution >= 4 is 5.97 Å². The van der Waals surface area contributed by atoms with Gasteiger partial charge in [-0.2, -0.15) is 0 Å². The molecule has 2 heterocycles. The van der Waals surface area contributed by atoms with E-state index in [1.54, 1.807) is 12.5 Å². The Hall–Kier alpha value is -2.07. The highest BCUT2D eigenvalue weighted by molar-refractivity contribution is 5.74. The van der Waals surface area contributed by atoms with Crippen LogP contribution in [0.4, 0.5) is 0 Å². The molecule has 1 aliphatic heterocycles. The highest BCUT2D eigenvalue weighted by Crippen LogP contribution is 2.31. The van der Waals surface area contributed by atoms with E-state index in [9.17, 15) is 9.90 Å². The van der Waals surface area contributed by atoms with E-state index in [1.165, 1.54) is 5.56 Å². The van der Waals surface area contributed by atoms with Gasteiger partial charge in [-0.15, -0.1) is 0 Å². The first-order valence-electron chi connectivity index (χ1n) is 6.74. The Bertz CT molecular complexity index is 606. The van der Waals surface area contributed by atoms with Gasteiger partial charge in [0.25, 0.3) is 0 Å². The van der Waals surface area contributed by atoms with Gasteiger partial charge in [-0.1, -0.05) is 24.3 Å². The van der Waals surface area contributed by atoms with E-state index in [0.717, 1.165) is 11.1 Å². The Balaban J connectivity index is 1.94. The molecular weight excluding hydrogens is 254 g/mol. The molecule has 1 N–H and O–H groups in total. The minimum atomic E-state index is -0.769. The molecule has 0 radical (unpaired) electrons. The van der Waals surface area contributed by atoms with Crippen molar-refractivity contribution in [3.63, 3.8) is 0 Å². The lowest BCUT2D eigenvalue weighted by atomic mass is 9.92. The molecule has 4 heteroatoms. The van der Waals surface area contributed by atoms with Crippen molar-refractivity contribution < 1.29 is 14.3 Å². The van der Waals surface area contributed by atoms with E-state index in [2.05, 4.69) is 6.07 Å². The second-order valence-electron chi connectivity index (χ2n) is 5.23. The molecule has 0 bridgehead atoms. The molecule has 2 aromatic rings. The number of fused-ring (bicyclic) bond motifs is 1. The highest BCUT2D eigenvalue weighted by Gasteiger charge is 2.34. The number of benzene rings is 1. The molecule has 0 aliphatic carbocycles. The van der Waals surface area contributed by atoms with E-state index in [4.69, 9.17) is 4.42 Å². The standard InChI is InChI=1S/C16H17NO3/c1-11(14-6-7-20-10-14)17-9-13-5-3-2-4-12(13)8-15(17)16(18)19/h2-7,10-11,15H,8-9H2,1H3,(H,18,19). The zero-order valence-corrected chi connectivity index (χ0v) is 11.3. The summed E-state index contributed by atoms with van der Waals surface area (Å²) < 4.78 is 5.12. The third kappa shape index (κ3) is 2.23. The molecule has 0 fully saturated rings. The number of carboxylic acids is 1. The Morgan fingerprint density at radius 2 is 2.10 bits per heavy atom. The monoisotopic (exact) mass is 271 g/mol. The number of carbonyl (C=O) groups is 1. The lowest BCUT2D eigenvalue weighted by Gasteiger charge is -2.38. The minimum Gasteiger partial charge on any atom is -0.480 e. The molecule has 4 nitrogen and oxygen atoms in total. The maximum Gasteiger partial charge on any atom is 0.321 e. The van der Waals surface area contributed by atoms with Crippen molar-refractivity contribution in [3.8, 4) is 0 Å². The third-order valence-corrected chi connectivity index (χ3v) is 4.09. The summed E-state index contributed by atoms with van der Waals surface area (Å²) in [5, 5.41) is 9.52. The van der Waals surface area contributed by atoms with Crippen LogP contribution in [0.5, 0.6) is 0 Å². The molecule has 3 rings (SSSR count). The number of furan rings is 1. The Kier molecular flexibility index (Phi) is 3.32. The fourth-order valence-electron chi connectivity index (χ4n) is 2.88. The quantitative estimate of drug-likeness (QED) is 0.932. The van der Waals surface area contributed by atoms with Crippen LogP contribution in [-0.2, 0) is 17.8 Å². The van der Waals surface area contributed by atoms with Crippen LogP contribution in [0.25, 0.3) is 0 Å². The summed E-state index contributed by atoms with van der Waals surface area (Å²) in [5.41, 5.74) is 3.35. The zero-order valence-electron chi connectivity index (χ0n) is 11.3. The van der Waals surface area contributed by atoms with Crippen LogP contribution in [0.2, 0.25) is 0 Å². The number of aliphatic carboxylic acids is 1. The number of hydrogen-bond donors (Lipinski definition) is 1. The van der Waals surface area contributed by atoms with Gasteiger partial charge in [-0.05, 0) is 30.5 Å². The fourth-order valence-corrected chi connectivity index (χ4v) is 2.88. The van der Waals surface area contributed by atoms with Crippen molar-refractivity contribution in [2.24, 2.45) is 0 Å². The number of carboxylic acid groups (broad SMARTS) is 1. The predicted molar refractivity (Wildman–Crippen MR) is 74.2 cm³/mol. The second kappa shape index (κ2) is 5.13. The summed E-state index contributed by atoms with van der Waals surface area (Å²) in [4.78, 5) is 13.6. The summed E-state index contributed by atoms with van der Waals surface area (Å²) in [5.74, 6) is -0.769. The summed E-state index contributed by atoms with van der Waals surface area (Å²) >= 11 is 0. The van der Waals surface area contributed by atoms with Gasteiger partial charge in [0.05, 0.1) is 12.5 Å². The zero-order chi connectivity index (χ0) is 14.1. The lowest BCUT2D eigenvalue weighted by Crippen LogP contribution is -2.46. The van der Waals surface area contributed by atoms with Crippen LogP contribution in [0.1, 0.15) is 29.7 Å². The maximum atomic E-state index is 11.6. The van der Waals surface area contributed by atoms with Crippen LogP contribution in [0, 0.1) is 0 Å². The minimum absolute atomic E-state index is 0.0169. The number of nitrogens with zero attached hydrogens (tertiary/aromatic N) is 1. The summed E-state index contributed by atoms with van der Waals surface area (Å²) in [6, 6.07) is 9.48. The normalized spacial score (nSPS) is 20.4. The van der Waals surface area contributed by atoms with Gasteiger partial charge in [-0.3, -0.25) is 9.69 Å². The van der Waals surface area contributed by atoms with E-state index in [-0.39, 0.29) is 6.04 Å². The fraction of sp³-hybridized carbons (Fsp3) is 0.312. The molecule has 20 heavy (non-hydrogen) atoms. The van der Waals surface area contributed by atoms with Crippen LogP contribution < -0.4 is 0 Å². The summed E-state index contributed by atoms with van der Waals surface area (Å²) in [6.07, 6.45) is 3.86. The van der Waals surface area contributed by atoms with E-state index >= 15 is 0 Å². The molecule has 0 amide bonds. The van der Waals surface area contributed by atoms with Crippen LogP contribution >= 0.6 is 0 Å². The van der Waals surface area contributed by atoms with Crippen molar-refractivity contribution in [1.82, 2.24) is 4.90 Å². The summed E-state index contributed by atoms with van der Waals surface area (Å²) in [6.45, 7) is 2.67. The third-order valence-electron chi connectivity index (χ3n) is 4.09.